The zero-order valence-corrected chi connectivity index (χ0v) is 9.50. The molecule has 0 saturated carbocycles. The van der Waals surface area contributed by atoms with Gasteiger partial charge in [-0.15, -0.1) is 0 Å². The van der Waals surface area contributed by atoms with Crippen molar-refractivity contribution in [3.63, 3.8) is 0 Å². The number of ether oxygens (including phenoxy) is 1. The van der Waals surface area contributed by atoms with Crippen molar-refractivity contribution in [1.29, 1.82) is 0 Å². The van der Waals surface area contributed by atoms with Gasteiger partial charge in [-0.25, -0.2) is 9.37 Å². The van der Waals surface area contributed by atoms with Crippen LogP contribution in [0, 0.1) is 18.6 Å². The maximum Gasteiger partial charge on any atom is 0.224 e. The number of benzene rings is 1. The highest BCUT2D eigenvalue weighted by molar-refractivity contribution is 6.29. The van der Waals surface area contributed by atoms with Crippen molar-refractivity contribution in [1.82, 2.24) is 9.97 Å². The summed E-state index contributed by atoms with van der Waals surface area (Å²) in [6, 6.07) is 4.95. The third-order valence-corrected chi connectivity index (χ3v) is 2.11. The van der Waals surface area contributed by atoms with E-state index in [0.29, 0.717) is 5.82 Å². The fourth-order valence-corrected chi connectivity index (χ4v) is 1.45. The maximum atomic E-state index is 13.3. The lowest BCUT2D eigenvalue weighted by Crippen LogP contribution is -1.96. The van der Waals surface area contributed by atoms with Crippen molar-refractivity contribution in [2.45, 2.75) is 6.92 Å². The van der Waals surface area contributed by atoms with E-state index in [2.05, 4.69) is 9.97 Å². The molecule has 0 fully saturated rings. The SMILES string of the molecule is Cc1nc(Cl)cc(Oc2cccc(F)c2F)n1. The standard InChI is InChI=1S/C11H7ClF2N2O/c1-6-15-9(12)5-10(16-6)17-8-4-2-3-7(13)11(8)14/h2-5H,1H3. The molecule has 1 heterocycles. The molecule has 17 heavy (non-hydrogen) atoms. The zero-order valence-electron chi connectivity index (χ0n) is 8.75. The average molecular weight is 257 g/mol. The van der Waals surface area contributed by atoms with Crippen LogP contribution >= 0.6 is 11.6 Å². The molecule has 0 aliphatic carbocycles. The van der Waals surface area contributed by atoms with Gasteiger partial charge in [0, 0.05) is 6.07 Å². The van der Waals surface area contributed by atoms with Crippen LogP contribution in [0.5, 0.6) is 11.6 Å². The van der Waals surface area contributed by atoms with Crippen LogP contribution in [0.3, 0.4) is 0 Å². The summed E-state index contributed by atoms with van der Waals surface area (Å²) >= 11 is 5.69. The Morgan fingerprint density at radius 1 is 1.24 bits per heavy atom. The van der Waals surface area contributed by atoms with Crippen LogP contribution in [-0.2, 0) is 0 Å². The van der Waals surface area contributed by atoms with Crippen LogP contribution in [0.15, 0.2) is 24.3 Å². The number of halogens is 3. The minimum Gasteiger partial charge on any atom is -0.436 e. The lowest BCUT2D eigenvalue weighted by atomic mass is 10.3. The second-order valence-corrected chi connectivity index (χ2v) is 3.62. The third-order valence-electron chi connectivity index (χ3n) is 1.91. The second kappa shape index (κ2) is 4.63. The summed E-state index contributed by atoms with van der Waals surface area (Å²) in [7, 11) is 0. The molecule has 0 N–H and O–H groups in total. The number of aromatic nitrogens is 2. The van der Waals surface area contributed by atoms with Crippen molar-refractivity contribution >= 4 is 11.6 Å². The van der Waals surface area contributed by atoms with Gasteiger partial charge in [0.1, 0.15) is 11.0 Å². The van der Waals surface area contributed by atoms with Crippen LogP contribution in [0.1, 0.15) is 5.82 Å². The van der Waals surface area contributed by atoms with E-state index in [1.165, 1.54) is 18.2 Å². The predicted octanol–water partition coefficient (Wildman–Crippen LogP) is 3.51. The molecule has 0 atom stereocenters. The first-order valence-electron chi connectivity index (χ1n) is 4.69. The summed E-state index contributed by atoms with van der Waals surface area (Å²) in [6.45, 7) is 1.61. The van der Waals surface area contributed by atoms with Gasteiger partial charge < -0.3 is 4.74 Å². The maximum absolute atomic E-state index is 13.3. The van der Waals surface area contributed by atoms with Gasteiger partial charge in [0.25, 0.3) is 0 Å². The zero-order chi connectivity index (χ0) is 12.4. The van der Waals surface area contributed by atoms with Gasteiger partial charge in [-0.3, -0.25) is 0 Å². The Labute approximate surface area is 101 Å². The van der Waals surface area contributed by atoms with Gasteiger partial charge in [-0.2, -0.15) is 9.37 Å². The molecule has 0 aliphatic heterocycles. The van der Waals surface area contributed by atoms with E-state index in [1.54, 1.807) is 6.92 Å². The summed E-state index contributed by atoms with van der Waals surface area (Å²) in [6.07, 6.45) is 0. The van der Waals surface area contributed by atoms with Crippen molar-refractivity contribution < 1.29 is 13.5 Å². The molecule has 0 aliphatic rings. The van der Waals surface area contributed by atoms with Gasteiger partial charge in [0.05, 0.1) is 0 Å². The number of rotatable bonds is 2. The third kappa shape index (κ3) is 2.68. The van der Waals surface area contributed by atoms with Crippen molar-refractivity contribution in [3.05, 3.63) is 46.9 Å². The molecule has 2 aromatic rings. The van der Waals surface area contributed by atoms with Gasteiger partial charge in [0.2, 0.25) is 11.7 Å². The average Bonchev–Trinajstić information content (AvgIpc) is 2.23. The first kappa shape index (κ1) is 11.7. The van der Waals surface area contributed by atoms with Gasteiger partial charge in [0.15, 0.2) is 11.6 Å². The molecular formula is C11H7ClF2N2O. The molecule has 88 valence electrons. The van der Waals surface area contributed by atoms with E-state index < -0.39 is 11.6 Å². The molecule has 6 heteroatoms. The Balaban J connectivity index is 2.34. The molecule has 0 amide bonds. The minimum absolute atomic E-state index is 0.0620. The Hall–Kier alpha value is -1.75. The van der Waals surface area contributed by atoms with Gasteiger partial charge in [-0.05, 0) is 19.1 Å². The summed E-state index contributed by atoms with van der Waals surface area (Å²) < 4.78 is 31.3. The number of nitrogens with zero attached hydrogens (tertiary/aromatic N) is 2. The fourth-order valence-electron chi connectivity index (χ4n) is 1.23. The molecule has 0 bridgehead atoms. The smallest absolute Gasteiger partial charge is 0.224 e. The van der Waals surface area contributed by atoms with E-state index in [-0.39, 0.29) is 16.8 Å². The summed E-state index contributed by atoms with van der Waals surface area (Å²) in [4.78, 5) is 7.72. The molecule has 0 spiro atoms. The Bertz CT molecular complexity index is 543. The lowest BCUT2D eigenvalue weighted by Gasteiger charge is -2.06. The largest absolute Gasteiger partial charge is 0.436 e. The summed E-state index contributed by atoms with van der Waals surface area (Å²) in [5.74, 6) is -1.87. The molecule has 0 radical (unpaired) electrons. The topological polar surface area (TPSA) is 35.0 Å². The molecule has 0 saturated heterocycles. The number of hydrogen-bond acceptors (Lipinski definition) is 3. The lowest BCUT2D eigenvalue weighted by molar-refractivity contribution is 0.404. The Morgan fingerprint density at radius 2 is 2.00 bits per heavy atom. The van der Waals surface area contributed by atoms with E-state index in [1.807, 2.05) is 0 Å². The van der Waals surface area contributed by atoms with Crippen molar-refractivity contribution in [2.24, 2.45) is 0 Å². The molecule has 0 unspecified atom stereocenters. The predicted molar refractivity (Wildman–Crippen MR) is 58.2 cm³/mol. The highest BCUT2D eigenvalue weighted by Gasteiger charge is 2.11. The van der Waals surface area contributed by atoms with Crippen molar-refractivity contribution in [3.8, 4) is 11.6 Å². The highest BCUT2D eigenvalue weighted by atomic mass is 35.5. The van der Waals surface area contributed by atoms with Crippen LogP contribution in [0.2, 0.25) is 5.15 Å². The van der Waals surface area contributed by atoms with Gasteiger partial charge >= 0.3 is 0 Å². The number of hydrogen-bond donors (Lipinski definition) is 0. The molecule has 2 rings (SSSR count). The summed E-state index contributed by atoms with van der Waals surface area (Å²) in [5.41, 5.74) is 0. The summed E-state index contributed by atoms with van der Waals surface area (Å²) in [5, 5.41) is 0.171. The van der Waals surface area contributed by atoms with E-state index in [9.17, 15) is 8.78 Å². The van der Waals surface area contributed by atoms with E-state index >= 15 is 0 Å². The van der Waals surface area contributed by atoms with Crippen LogP contribution in [0.4, 0.5) is 8.78 Å². The Morgan fingerprint density at radius 3 is 2.71 bits per heavy atom. The first-order chi connectivity index (χ1) is 8.06. The van der Waals surface area contributed by atoms with Crippen LogP contribution < -0.4 is 4.74 Å². The normalized spacial score (nSPS) is 10.4. The molecular weight excluding hydrogens is 250 g/mol. The minimum atomic E-state index is -1.07. The van der Waals surface area contributed by atoms with E-state index in [4.69, 9.17) is 16.3 Å². The van der Waals surface area contributed by atoms with Crippen LogP contribution in [-0.4, -0.2) is 9.97 Å². The quantitative estimate of drug-likeness (QED) is 0.771. The number of aryl methyl sites for hydroxylation is 1. The fraction of sp³-hybridized carbons (Fsp3) is 0.0909. The second-order valence-electron chi connectivity index (χ2n) is 3.23. The Kier molecular flexibility index (Phi) is 3.19. The first-order valence-corrected chi connectivity index (χ1v) is 5.07. The molecule has 1 aromatic heterocycles. The van der Waals surface area contributed by atoms with Crippen LogP contribution in [0.25, 0.3) is 0 Å². The van der Waals surface area contributed by atoms with E-state index in [0.717, 1.165) is 6.07 Å². The molecule has 1 aromatic carbocycles. The monoisotopic (exact) mass is 256 g/mol. The highest BCUT2D eigenvalue weighted by Crippen LogP contribution is 2.25. The van der Waals surface area contributed by atoms with Gasteiger partial charge in [-0.1, -0.05) is 17.7 Å². The molecule has 3 nitrogen and oxygen atoms in total. The van der Waals surface area contributed by atoms with Crippen molar-refractivity contribution in [2.75, 3.05) is 0 Å².